The summed E-state index contributed by atoms with van der Waals surface area (Å²) in [6, 6.07) is 3.39. The number of hydrogen-bond acceptors (Lipinski definition) is 6. The Morgan fingerprint density at radius 1 is 1.39 bits per heavy atom. The van der Waals surface area contributed by atoms with Crippen molar-refractivity contribution in [2.75, 3.05) is 26.0 Å². The SMILES string of the molecule is COc1nc(OCCC(C)CNC(=O)OC(C)(C)C)ccc1N. The van der Waals surface area contributed by atoms with Gasteiger partial charge >= 0.3 is 6.09 Å². The molecule has 0 fully saturated rings. The number of anilines is 1. The Morgan fingerprint density at radius 2 is 2.09 bits per heavy atom. The van der Waals surface area contributed by atoms with Crippen LogP contribution in [0.15, 0.2) is 12.1 Å². The first-order valence-corrected chi connectivity index (χ1v) is 7.61. The van der Waals surface area contributed by atoms with Gasteiger partial charge in [0.1, 0.15) is 5.60 Å². The molecule has 1 amide bonds. The van der Waals surface area contributed by atoms with Gasteiger partial charge in [-0.1, -0.05) is 6.92 Å². The number of amides is 1. The molecule has 1 aromatic heterocycles. The largest absolute Gasteiger partial charge is 0.479 e. The third-order valence-corrected chi connectivity index (χ3v) is 2.91. The highest BCUT2D eigenvalue weighted by Gasteiger charge is 2.16. The number of hydrogen-bond donors (Lipinski definition) is 2. The second-order valence-electron chi connectivity index (χ2n) is 6.37. The van der Waals surface area contributed by atoms with Gasteiger partial charge in [0.25, 0.3) is 0 Å². The minimum atomic E-state index is -0.490. The first-order valence-electron chi connectivity index (χ1n) is 7.61. The summed E-state index contributed by atoms with van der Waals surface area (Å²) in [7, 11) is 1.51. The zero-order valence-electron chi connectivity index (χ0n) is 14.5. The predicted molar refractivity (Wildman–Crippen MR) is 88.7 cm³/mol. The summed E-state index contributed by atoms with van der Waals surface area (Å²) in [5, 5.41) is 2.74. The Hall–Kier alpha value is -2.18. The van der Waals surface area contributed by atoms with Crippen molar-refractivity contribution in [1.29, 1.82) is 0 Å². The topological polar surface area (TPSA) is 95.7 Å². The van der Waals surface area contributed by atoms with Crippen LogP contribution < -0.4 is 20.5 Å². The molecule has 1 aromatic rings. The number of nitrogens with one attached hydrogen (secondary N) is 1. The summed E-state index contributed by atoms with van der Waals surface area (Å²) in [4.78, 5) is 15.7. The van der Waals surface area contributed by atoms with Crippen molar-refractivity contribution in [3.63, 3.8) is 0 Å². The van der Waals surface area contributed by atoms with Crippen LogP contribution in [0.3, 0.4) is 0 Å². The Kier molecular flexibility index (Phi) is 6.93. The zero-order chi connectivity index (χ0) is 17.5. The zero-order valence-corrected chi connectivity index (χ0v) is 14.5. The fourth-order valence-electron chi connectivity index (χ4n) is 1.72. The lowest BCUT2D eigenvalue weighted by molar-refractivity contribution is 0.0518. The predicted octanol–water partition coefficient (Wildman–Crippen LogP) is 2.60. The maximum Gasteiger partial charge on any atom is 0.407 e. The van der Waals surface area contributed by atoms with E-state index in [4.69, 9.17) is 19.9 Å². The Bertz CT molecular complexity index is 515. The molecule has 1 rings (SSSR count). The molecule has 0 spiro atoms. The van der Waals surface area contributed by atoms with Crippen molar-refractivity contribution in [2.45, 2.75) is 39.7 Å². The average Bonchev–Trinajstić information content (AvgIpc) is 2.45. The van der Waals surface area contributed by atoms with Crippen LogP contribution >= 0.6 is 0 Å². The van der Waals surface area contributed by atoms with E-state index < -0.39 is 11.7 Å². The maximum atomic E-state index is 11.6. The number of pyridine rings is 1. The molecule has 1 atom stereocenters. The van der Waals surface area contributed by atoms with Crippen LogP contribution in [0.4, 0.5) is 10.5 Å². The van der Waals surface area contributed by atoms with Crippen molar-refractivity contribution in [3.05, 3.63) is 12.1 Å². The summed E-state index contributed by atoms with van der Waals surface area (Å²) in [6.45, 7) is 8.53. The quantitative estimate of drug-likeness (QED) is 0.800. The van der Waals surface area contributed by atoms with Crippen LogP contribution in [0.5, 0.6) is 11.8 Å². The third kappa shape index (κ3) is 7.58. The lowest BCUT2D eigenvalue weighted by atomic mass is 10.1. The summed E-state index contributed by atoms with van der Waals surface area (Å²) >= 11 is 0. The van der Waals surface area contributed by atoms with Crippen LogP contribution in [0.1, 0.15) is 34.1 Å². The third-order valence-electron chi connectivity index (χ3n) is 2.91. The lowest BCUT2D eigenvalue weighted by Crippen LogP contribution is -2.35. The molecular formula is C16H27N3O4. The molecule has 130 valence electrons. The Balaban J connectivity index is 2.29. The van der Waals surface area contributed by atoms with Crippen LogP contribution in [0, 0.1) is 5.92 Å². The summed E-state index contributed by atoms with van der Waals surface area (Å²) in [6.07, 6.45) is 0.361. The van der Waals surface area contributed by atoms with E-state index >= 15 is 0 Å². The van der Waals surface area contributed by atoms with Gasteiger partial charge in [-0.15, -0.1) is 0 Å². The first-order chi connectivity index (χ1) is 10.7. The molecule has 0 bridgehead atoms. The van der Waals surface area contributed by atoms with Crippen LogP contribution in [-0.2, 0) is 4.74 Å². The van der Waals surface area contributed by atoms with Crippen molar-refractivity contribution >= 4 is 11.8 Å². The van der Waals surface area contributed by atoms with Gasteiger partial charge in [0, 0.05) is 12.6 Å². The van der Waals surface area contributed by atoms with Crippen molar-refractivity contribution in [2.24, 2.45) is 5.92 Å². The highest BCUT2D eigenvalue weighted by atomic mass is 16.6. The van der Waals surface area contributed by atoms with Gasteiger partial charge in [-0.3, -0.25) is 0 Å². The second kappa shape index (κ2) is 8.45. The van der Waals surface area contributed by atoms with Crippen molar-refractivity contribution < 1.29 is 19.0 Å². The number of nitrogens with two attached hydrogens (primary N) is 1. The number of ether oxygens (including phenoxy) is 3. The average molecular weight is 325 g/mol. The van der Waals surface area contributed by atoms with Gasteiger partial charge in [-0.25, -0.2) is 4.79 Å². The fourth-order valence-corrected chi connectivity index (χ4v) is 1.72. The van der Waals surface area contributed by atoms with Crippen LogP contribution in [0.2, 0.25) is 0 Å². The highest BCUT2D eigenvalue weighted by molar-refractivity contribution is 5.67. The van der Waals surface area contributed by atoms with E-state index in [9.17, 15) is 4.79 Å². The molecule has 0 aromatic carbocycles. The normalized spacial score (nSPS) is 12.4. The molecule has 0 saturated heterocycles. The van der Waals surface area contributed by atoms with Crippen molar-refractivity contribution in [1.82, 2.24) is 10.3 Å². The first kappa shape index (κ1) is 18.9. The van der Waals surface area contributed by atoms with E-state index in [-0.39, 0.29) is 5.92 Å². The smallest absolute Gasteiger partial charge is 0.407 e. The van der Waals surface area contributed by atoms with E-state index in [0.717, 1.165) is 6.42 Å². The number of nitrogens with zero attached hydrogens (tertiary/aromatic N) is 1. The molecule has 0 radical (unpaired) electrons. The van der Waals surface area contributed by atoms with E-state index in [2.05, 4.69) is 10.3 Å². The number of nitrogen functional groups attached to an aromatic ring is 1. The molecular weight excluding hydrogens is 298 g/mol. The molecule has 0 aliphatic rings. The number of alkyl carbamates (subject to hydrolysis) is 1. The van der Waals surface area contributed by atoms with E-state index in [0.29, 0.717) is 30.6 Å². The Labute approximate surface area is 137 Å². The molecule has 7 heteroatoms. The minimum Gasteiger partial charge on any atom is -0.479 e. The van der Waals surface area contributed by atoms with E-state index in [1.54, 1.807) is 12.1 Å². The Morgan fingerprint density at radius 3 is 2.70 bits per heavy atom. The highest BCUT2D eigenvalue weighted by Crippen LogP contribution is 2.21. The minimum absolute atomic E-state index is 0.248. The van der Waals surface area contributed by atoms with Crippen molar-refractivity contribution in [3.8, 4) is 11.8 Å². The molecule has 3 N–H and O–H groups in total. The molecule has 0 aliphatic carbocycles. The number of carbonyl (C=O) groups is 1. The number of rotatable bonds is 7. The van der Waals surface area contributed by atoms with Gasteiger partial charge in [-0.05, 0) is 39.2 Å². The fraction of sp³-hybridized carbons (Fsp3) is 0.625. The van der Waals surface area contributed by atoms with Crippen LogP contribution in [-0.4, -0.2) is 36.9 Å². The van der Waals surface area contributed by atoms with E-state index in [1.165, 1.54) is 7.11 Å². The second-order valence-corrected chi connectivity index (χ2v) is 6.37. The van der Waals surface area contributed by atoms with Gasteiger partial charge in [0.05, 0.1) is 19.4 Å². The van der Waals surface area contributed by atoms with Crippen LogP contribution in [0.25, 0.3) is 0 Å². The molecule has 23 heavy (non-hydrogen) atoms. The van der Waals surface area contributed by atoms with Gasteiger partial charge in [-0.2, -0.15) is 4.98 Å². The number of aromatic nitrogens is 1. The molecule has 7 nitrogen and oxygen atoms in total. The summed E-state index contributed by atoms with van der Waals surface area (Å²) in [5.74, 6) is 1.06. The molecule has 1 unspecified atom stereocenters. The summed E-state index contributed by atoms with van der Waals surface area (Å²) in [5.41, 5.74) is 5.67. The monoisotopic (exact) mass is 325 g/mol. The number of carbonyl (C=O) groups excluding carboxylic acids is 1. The molecule has 0 saturated carbocycles. The lowest BCUT2D eigenvalue weighted by Gasteiger charge is -2.20. The molecule has 0 aliphatic heterocycles. The molecule has 1 heterocycles. The van der Waals surface area contributed by atoms with Gasteiger partial charge in [0.15, 0.2) is 0 Å². The maximum absolute atomic E-state index is 11.6. The van der Waals surface area contributed by atoms with E-state index in [1.807, 2.05) is 27.7 Å². The van der Waals surface area contributed by atoms with Gasteiger partial charge < -0.3 is 25.3 Å². The number of methoxy groups -OCH3 is 1. The summed E-state index contributed by atoms with van der Waals surface area (Å²) < 4.78 is 15.8. The van der Waals surface area contributed by atoms with Gasteiger partial charge in [0.2, 0.25) is 11.8 Å². The standard InChI is InChI=1S/C16H27N3O4/c1-11(10-18-15(20)23-16(2,3)4)8-9-22-13-7-6-12(17)14(19-13)21-5/h6-7,11H,8-10,17H2,1-5H3,(H,18,20).